The van der Waals surface area contributed by atoms with Crippen molar-refractivity contribution in [1.82, 2.24) is 30.2 Å². The summed E-state index contributed by atoms with van der Waals surface area (Å²) < 4.78 is 61.7. The zero-order valence-electron chi connectivity index (χ0n) is 31.5. The summed E-state index contributed by atoms with van der Waals surface area (Å²) in [5, 5.41) is 42.5. The molecule has 3 heterocycles. The smallest absolute Gasteiger partial charge is 0.481 e. The summed E-state index contributed by atoms with van der Waals surface area (Å²) in [5.74, 6) is -2.58. The number of imidazole rings is 1. The summed E-state index contributed by atoms with van der Waals surface area (Å²) in [5.41, 5.74) is 4.30. The van der Waals surface area contributed by atoms with Gasteiger partial charge in [0.15, 0.2) is 17.7 Å². The van der Waals surface area contributed by atoms with Gasteiger partial charge in [0.05, 0.1) is 19.5 Å². The molecule has 336 valence electrons. The number of aliphatic hydroxyl groups excluding tert-OH is 2. The van der Waals surface area contributed by atoms with Crippen LogP contribution in [0.1, 0.15) is 58.6 Å². The van der Waals surface area contributed by atoms with Gasteiger partial charge in [-0.1, -0.05) is 20.3 Å². The minimum absolute atomic E-state index is 0.0363. The first-order valence-electron chi connectivity index (χ1n) is 17.2. The molecule has 1 aliphatic heterocycles. The molecule has 3 rings (SSSR count). The third kappa shape index (κ3) is 18.1. The quantitative estimate of drug-likeness (QED) is 0.0357. The van der Waals surface area contributed by atoms with E-state index in [4.69, 9.17) is 29.7 Å². The van der Waals surface area contributed by atoms with Crippen molar-refractivity contribution in [3.8, 4) is 0 Å². The first-order valence-corrected chi connectivity index (χ1v) is 22.4. The maximum atomic E-state index is 12.6. The first-order chi connectivity index (χ1) is 27.3. The lowest BCUT2D eigenvalue weighted by molar-refractivity contribution is -0.138. The molecule has 2 aromatic rings. The van der Waals surface area contributed by atoms with Crippen LogP contribution in [-0.4, -0.2) is 140 Å². The Morgan fingerprint density at radius 3 is 2.14 bits per heavy atom. The number of aromatic nitrogens is 4. The van der Waals surface area contributed by atoms with Gasteiger partial charge in [-0.25, -0.2) is 28.6 Å². The molecule has 0 spiro atoms. The fraction of sp³-hybridized carbons (Fsp3) is 0.679. The number of carboxylic acid groups (broad SMARTS) is 2. The summed E-state index contributed by atoms with van der Waals surface area (Å²) in [6.45, 7) is 0.723. The Balaban J connectivity index is 0.000000951. The number of phosphoric ester groups is 3. The highest BCUT2D eigenvalue weighted by atomic mass is 32.1. The average Bonchev–Trinajstić information content (AvgIpc) is 3.68. The molecular formula is C28H48N7O20P3S. The summed E-state index contributed by atoms with van der Waals surface area (Å²) in [7, 11) is -16.3. The topological polar surface area (TPSA) is 421 Å². The minimum atomic E-state index is -5.54. The van der Waals surface area contributed by atoms with Crippen LogP contribution in [0, 0.1) is 5.41 Å². The fourth-order valence-electron chi connectivity index (χ4n) is 4.86. The molecule has 1 fully saturated rings. The van der Waals surface area contributed by atoms with Crippen LogP contribution in [0.2, 0.25) is 0 Å². The van der Waals surface area contributed by atoms with E-state index >= 15 is 0 Å². The van der Waals surface area contributed by atoms with Crippen LogP contribution in [0.5, 0.6) is 0 Å². The maximum Gasteiger partial charge on any atom is 0.481 e. The number of carbonyl (C=O) groups excluding carboxylic acids is 2. The molecule has 3 unspecified atom stereocenters. The standard InChI is InChI=1S/C21H36N7O16P3S.C7H12O4/c1-21(2,16(31)19(32)24-4-3-12(29)23-5-6-48)8-41-47(38,39)44-46(36,37)40-7-11-15(43-45(33,34)35)14(30)20(42-11)28-10-27-13-17(22)25-9-26-18(13)28;8-6(9)4-2-1-3-5-7(10)11/h9-11,14-16,20,30-31,48H,3-8H2,1-2H3,(H,23,29)(H,24,32)(H,36,37)(H,38,39)(H2,22,25,26)(H2,33,34,35);1-5H2,(H,8,9)(H,10,11)/t11-,14-,15-,16?,20-;/m1./s1. The van der Waals surface area contributed by atoms with Crippen molar-refractivity contribution in [2.45, 2.75) is 83.0 Å². The van der Waals surface area contributed by atoms with Crippen LogP contribution in [0.4, 0.5) is 5.82 Å². The lowest BCUT2D eigenvalue weighted by Gasteiger charge is -2.30. The number of nitrogen functional groups attached to an aromatic ring is 1. The number of nitrogens with one attached hydrogen (secondary N) is 2. The Morgan fingerprint density at radius 1 is 0.949 bits per heavy atom. The van der Waals surface area contributed by atoms with E-state index in [1.54, 1.807) is 0 Å². The van der Waals surface area contributed by atoms with Crippen LogP contribution < -0.4 is 16.4 Å². The molecule has 2 amide bonds. The van der Waals surface area contributed by atoms with Gasteiger partial charge in [0.1, 0.15) is 36.3 Å². The zero-order valence-corrected chi connectivity index (χ0v) is 35.0. The number of unbranched alkanes of at least 4 members (excludes halogenated alkanes) is 2. The van der Waals surface area contributed by atoms with E-state index in [0.29, 0.717) is 31.6 Å². The largest absolute Gasteiger partial charge is 0.481 e. The highest BCUT2D eigenvalue weighted by Crippen LogP contribution is 2.61. The lowest BCUT2D eigenvalue weighted by atomic mass is 9.87. The third-order valence-electron chi connectivity index (χ3n) is 7.79. The molecule has 0 bridgehead atoms. The van der Waals surface area contributed by atoms with Crippen molar-refractivity contribution >= 4 is 76.8 Å². The summed E-state index contributed by atoms with van der Waals surface area (Å²) >= 11 is 3.95. The number of anilines is 1. The number of nitrogens with two attached hydrogens (primary N) is 1. The first kappa shape index (κ1) is 52.0. The zero-order chi connectivity index (χ0) is 44.8. The Hall–Kier alpha value is -3.17. The second-order valence-corrected chi connectivity index (χ2v) is 17.8. The molecule has 0 aromatic carbocycles. The van der Waals surface area contributed by atoms with Crippen molar-refractivity contribution in [1.29, 1.82) is 0 Å². The molecule has 0 radical (unpaired) electrons. The van der Waals surface area contributed by atoms with Gasteiger partial charge in [-0.3, -0.25) is 37.3 Å². The number of thiol groups is 1. The van der Waals surface area contributed by atoms with Crippen LogP contribution in [0.15, 0.2) is 12.7 Å². The lowest BCUT2D eigenvalue weighted by Crippen LogP contribution is -2.46. The highest BCUT2D eigenvalue weighted by Gasteiger charge is 2.50. The van der Waals surface area contributed by atoms with Gasteiger partial charge in [-0.05, 0) is 12.8 Å². The van der Waals surface area contributed by atoms with Crippen LogP contribution in [0.25, 0.3) is 11.2 Å². The number of amides is 2. The number of nitrogens with zero attached hydrogens (tertiary/aromatic N) is 4. The van der Waals surface area contributed by atoms with Gasteiger partial charge in [-0.15, -0.1) is 0 Å². The van der Waals surface area contributed by atoms with E-state index in [9.17, 15) is 62.7 Å². The maximum absolute atomic E-state index is 12.6. The van der Waals surface area contributed by atoms with Crippen LogP contribution in [0.3, 0.4) is 0 Å². The fourth-order valence-corrected chi connectivity index (χ4v) is 7.81. The monoisotopic (exact) mass is 927 g/mol. The van der Waals surface area contributed by atoms with E-state index in [2.05, 4.69) is 47.0 Å². The van der Waals surface area contributed by atoms with Gasteiger partial charge in [-0.2, -0.15) is 16.9 Å². The predicted molar refractivity (Wildman–Crippen MR) is 202 cm³/mol. The molecule has 31 heteroatoms. The van der Waals surface area contributed by atoms with Gasteiger partial charge >= 0.3 is 35.4 Å². The van der Waals surface area contributed by atoms with E-state index < -0.39 is 90.6 Å². The number of carboxylic acids is 2. The van der Waals surface area contributed by atoms with E-state index in [0.717, 1.165) is 17.2 Å². The average molecular weight is 928 g/mol. The molecule has 27 nitrogen and oxygen atoms in total. The number of rotatable bonds is 24. The minimum Gasteiger partial charge on any atom is -0.481 e. The van der Waals surface area contributed by atoms with Crippen molar-refractivity contribution in [2.24, 2.45) is 5.41 Å². The Labute approximate surface area is 340 Å². The van der Waals surface area contributed by atoms with E-state index in [1.807, 2.05) is 0 Å². The van der Waals surface area contributed by atoms with Gasteiger partial charge < -0.3 is 61.1 Å². The molecule has 2 aromatic heterocycles. The number of ether oxygens (including phenoxy) is 1. The second-order valence-electron chi connectivity index (χ2n) is 13.1. The molecule has 12 N–H and O–H groups in total. The number of hydrogen-bond acceptors (Lipinski definition) is 19. The molecule has 0 aliphatic carbocycles. The molecule has 1 saturated heterocycles. The molecular weight excluding hydrogens is 879 g/mol. The van der Waals surface area contributed by atoms with Gasteiger partial charge in [0, 0.05) is 43.5 Å². The van der Waals surface area contributed by atoms with Crippen molar-refractivity contribution in [3.63, 3.8) is 0 Å². The molecule has 0 saturated carbocycles. The number of carbonyl (C=O) groups is 4. The third-order valence-corrected chi connectivity index (χ3v) is 11.1. The Bertz CT molecular complexity index is 1870. The van der Waals surface area contributed by atoms with Crippen molar-refractivity contribution < 1.29 is 95.5 Å². The summed E-state index contributed by atoms with van der Waals surface area (Å²) in [6.07, 6.45) is -4.64. The number of aliphatic carboxylic acids is 2. The van der Waals surface area contributed by atoms with Gasteiger partial charge in [0.2, 0.25) is 11.8 Å². The molecule has 1 aliphatic rings. The summed E-state index contributed by atoms with van der Waals surface area (Å²) in [4.78, 5) is 94.6. The Morgan fingerprint density at radius 2 is 1.56 bits per heavy atom. The number of aliphatic hydroxyl groups is 2. The predicted octanol–water partition coefficient (Wildman–Crippen LogP) is -0.559. The molecule has 59 heavy (non-hydrogen) atoms. The normalized spacial score (nSPS) is 20.8. The Kier molecular flexibility index (Phi) is 20.4. The van der Waals surface area contributed by atoms with Gasteiger partial charge in [0.25, 0.3) is 0 Å². The second kappa shape index (κ2) is 23.2. The van der Waals surface area contributed by atoms with Crippen molar-refractivity contribution in [3.05, 3.63) is 12.7 Å². The number of fused-ring (bicyclic) bond motifs is 1. The van der Waals surface area contributed by atoms with Crippen LogP contribution >= 0.6 is 36.1 Å². The number of hydrogen-bond donors (Lipinski definition) is 12. The van der Waals surface area contributed by atoms with Crippen LogP contribution in [-0.2, 0) is 55.5 Å². The van der Waals surface area contributed by atoms with E-state index in [1.165, 1.54) is 13.8 Å². The number of phosphoric acid groups is 3. The summed E-state index contributed by atoms with van der Waals surface area (Å²) in [6, 6.07) is 0. The van der Waals surface area contributed by atoms with E-state index in [-0.39, 0.29) is 48.7 Å². The highest BCUT2D eigenvalue weighted by molar-refractivity contribution is 7.80. The molecule has 7 atom stereocenters. The van der Waals surface area contributed by atoms with Crippen molar-refractivity contribution in [2.75, 3.05) is 37.8 Å². The SMILES string of the molecule is CC(C)(COP(=O)(O)OP(=O)(O)OC[C@H]1O[C@@H](n2cnc3c(N)ncnc32)[C@H](O)[C@@H]1OP(=O)(O)O)C(O)C(=O)NCCC(=O)NCCS.O=C(O)CCCCCC(=O)O.